The molecule has 0 atom stereocenters. The van der Waals surface area contributed by atoms with Crippen LogP contribution in [-0.4, -0.2) is 20.9 Å². The molecule has 0 bridgehead atoms. The predicted octanol–water partition coefficient (Wildman–Crippen LogP) is 7.00. The summed E-state index contributed by atoms with van der Waals surface area (Å²) in [5.41, 5.74) is 2.39. The largest absolute Gasteiger partial charge is 0.456 e. The standard InChI is InChI=1S/C27H19F3N4O2/c1-16-5-6-18(26(35)33-20-4-2-3-19(14-20)27(28,29)30)13-23(16)36-24-15-22(17-7-10-31-11-8-17)34-25-21(24)9-12-32-25/h2-15H,1H3,(H,32,34)(H,33,35). The lowest BCUT2D eigenvalue weighted by molar-refractivity contribution is -0.137. The first-order valence-electron chi connectivity index (χ1n) is 10.9. The Labute approximate surface area is 203 Å². The number of hydrogen-bond donors (Lipinski definition) is 2. The van der Waals surface area contributed by atoms with Crippen molar-refractivity contribution in [1.29, 1.82) is 0 Å². The molecule has 6 nitrogen and oxygen atoms in total. The molecule has 0 spiro atoms. The van der Waals surface area contributed by atoms with E-state index in [1.165, 1.54) is 12.1 Å². The normalized spacial score (nSPS) is 11.4. The highest BCUT2D eigenvalue weighted by molar-refractivity contribution is 6.04. The average Bonchev–Trinajstić information content (AvgIpc) is 3.35. The first kappa shape index (κ1) is 23.1. The molecule has 36 heavy (non-hydrogen) atoms. The van der Waals surface area contributed by atoms with Crippen molar-refractivity contribution in [2.45, 2.75) is 13.1 Å². The van der Waals surface area contributed by atoms with Crippen LogP contribution in [0.25, 0.3) is 22.3 Å². The molecule has 5 rings (SSSR count). The molecule has 0 aliphatic rings. The molecule has 0 aliphatic heterocycles. The van der Waals surface area contributed by atoms with E-state index in [2.05, 4.69) is 20.3 Å². The second kappa shape index (κ2) is 9.18. The lowest BCUT2D eigenvalue weighted by atomic mass is 10.1. The SMILES string of the molecule is Cc1ccc(C(=O)Nc2cccc(C(F)(F)F)c2)cc1Oc1cc(-c2ccncc2)nc2[nH]ccc12. The minimum atomic E-state index is -4.51. The number of amides is 1. The molecule has 2 aromatic carbocycles. The molecule has 0 unspecified atom stereocenters. The third kappa shape index (κ3) is 4.76. The first-order chi connectivity index (χ1) is 17.3. The number of aromatic amines is 1. The number of aromatic nitrogens is 3. The van der Waals surface area contributed by atoms with Crippen LogP contribution in [0.3, 0.4) is 0 Å². The van der Waals surface area contributed by atoms with Crippen LogP contribution in [0, 0.1) is 6.92 Å². The Morgan fingerprint density at radius 1 is 0.972 bits per heavy atom. The highest BCUT2D eigenvalue weighted by atomic mass is 19.4. The van der Waals surface area contributed by atoms with Gasteiger partial charge in [0.05, 0.1) is 16.6 Å². The zero-order valence-electron chi connectivity index (χ0n) is 18.9. The molecule has 3 heterocycles. The molecule has 0 fully saturated rings. The maximum Gasteiger partial charge on any atom is 0.416 e. The summed E-state index contributed by atoms with van der Waals surface area (Å²) >= 11 is 0. The maximum atomic E-state index is 13.0. The maximum absolute atomic E-state index is 13.0. The van der Waals surface area contributed by atoms with Gasteiger partial charge in [-0.3, -0.25) is 9.78 Å². The molecular weight excluding hydrogens is 469 g/mol. The number of H-pyrrole nitrogens is 1. The smallest absolute Gasteiger partial charge is 0.416 e. The molecule has 9 heteroatoms. The van der Waals surface area contributed by atoms with Gasteiger partial charge in [0.15, 0.2) is 0 Å². The summed E-state index contributed by atoms with van der Waals surface area (Å²) < 4.78 is 45.3. The van der Waals surface area contributed by atoms with E-state index in [0.29, 0.717) is 22.8 Å². The van der Waals surface area contributed by atoms with E-state index in [1.54, 1.807) is 42.9 Å². The van der Waals surface area contributed by atoms with Crippen molar-refractivity contribution < 1.29 is 22.7 Å². The van der Waals surface area contributed by atoms with Crippen LogP contribution in [0.15, 0.2) is 85.3 Å². The van der Waals surface area contributed by atoms with E-state index in [1.807, 2.05) is 25.1 Å². The number of aryl methyl sites for hydroxylation is 1. The van der Waals surface area contributed by atoms with Crippen LogP contribution in [0.1, 0.15) is 21.5 Å². The summed E-state index contributed by atoms with van der Waals surface area (Å²) in [6.45, 7) is 1.84. The van der Waals surface area contributed by atoms with E-state index in [-0.39, 0.29) is 11.3 Å². The molecule has 0 saturated carbocycles. The number of hydrogen-bond acceptors (Lipinski definition) is 4. The lowest BCUT2D eigenvalue weighted by Gasteiger charge is -2.13. The number of carbonyl (C=O) groups excluding carboxylic acids is 1. The molecule has 2 N–H and O–H groups in total. The zero-order valence-corrected chi connectivity index (χ0v) is 18.9. The third-order valence-corrected chi connectivity index (χ3v) is 5.58. The van der Waals surface area contributed by atoms with Gasteiger partial charge >= 0.3 is 6.18 Å². The fraction of sp³-hybridized carbons (Fsp3) is 0.0741. The number of benzene rings is 2. The number of nitrogens with one attached hydrogen (secondary N) is 2. The van der Waals surface area contributed by atoms with Crippen molar-refractivity contribution in [3.8, 4) is 22.8 Å². The van der Waals surface area contributed by atoms with Gasteiger partial charge in [-0.1, -0.05) is 12.1 Å². The molecule has 3 aromatic heterocycles. The van der Waals surface area contributed by atoms with E-state index in [4.69, 9.17) is 4.74 Å². The van der Waals surface area contributed by atoms with E-state index >= 15 is 0 Å². The number of anilines is 1. The molecule has 0 radical (unpaired) electrons. The number of halogens is 3. The Bertz CT molecular complexity index is 1560. The van der Waals surface area contributed by atoms with Gasteiger partial charge in [0.25, 0.3) is 5.91 Å². The Balaban J connectivity index is 1.45. The zero-order chi connectivity index (χ0) is 25.3. The fourth-order valence-electron chi connectivity index (χ4n) is 3.71. The van der Waals surface area contributed by atoms with Crippen LogP contribution in [-0.2, 0) is 6.18 Å². The van der Waals surface area contributed by atoms with Crippen LogP contribution in [0.5, 0.6) is 11.5 Å². The Morgan fingerprint density at radius 3 is 2.56 bits per heavy atom. The second-order valence-corrected chi connectivity index (χ2v) is 8.10. The monoisotopic (exact) mass is 488 g/mol. The quantitative estimate of drug-likeness (QED) is 0.279. The highest BCUT2D eigenvalue weighted by Gasteiger charge is 2.30. The van der Waals surface area contributed by atoms with Gasteiger partial charge in [-0.2, -0.15) is 13.2 Å². The molecule has 0 aliphatic carbocycles. The molecule has 1 amide bonds. The van der Waals surface area contributed by atoms with Crippen molar-refractivity contribution in [3.63, 3.8) is 0 Å². The predicted molar refractivity (Wildman–Crippen MR) is 130 cm³/mol. The van der Waals surface area contributed by atoms with Crippen molar-refractivity contribution >= 4 is 22.6 Å². The van der Waals surface area contributed by atoms with Crippen LogP contribution in [0.4, 0.5) is 18.9 Å². The number of rotatable bonds is 5. The number of fused-ring (bicyclic) bond motifs is 1. The lowest BCUT2D eigenvalue weighted by Crippen LogP contribution is -2.13. The molecule has 0 saturated heterocycles. The summed E-state index contributed by atoms with van der Waals surface area (Å²) in [5, 5.41) is 3.28. The molecule has 180 valence electrons. The van der Waals surface area contributed by atoms with Crippen molar-refractivity contribution in [1.82, 2.24) is 15.0 Å². The van der Waals surface area contributed by atoms with E-state index in [0.717, 1.165) is 28.6 Å². The van der Waals surface area contributed by atoms with Crippen molar-refractivity contribution in [2.75, 3.05) is 5.32 Å². The van der Waals surface area contributed by atoms with Crippen LogP contribution >= 0.6 is 0 Å². The number of alkyl halides is 3. The Hall–Kier alpha value is -4.66. The van der Waals surface area contributed by atoms with Gasteiger partial charge in [0.1, 0.15) is 17.1 Å². The summed E-state index contributed by atoms with van der Waals surface area (Å²) in [6.07, 6.45) is 0.599. The second-order valence-electron chi connectivity index (χ2n) is 8.10. The first-order valence-corrected chi connectivity index (χ1v) is 10.9. The fourth-order valence-corrected chi connectivity index (χ4v) is 3.71. The Kier molecular flexibility index (Phi) is 5.89. The van der Waals surface area contributed by atoms with Crippen molar-refractivity contribution in [2.24, 2.45) is 0 Å². The minimum Gasteiger partial charge on any atom is -0.456 e. The topological polar surface area (TPSA) is 79.9 Å². The number of nitrogens with zero attached hydrogens (tertiary/aromatic N) is 2. The molecular formula is C27H19F3N4O2. The Morgan fingerprint density at radius 2 is 1.78 bits per heavy atom. The van der Waals surface area contributed by atoms with Gasteiger partial charge in [0, 0.05) is 41.5 Å². The summed E-state index contributed by atoms with van der Waals surface area (Å²) in [6, 6.07) is 16.7. The van der Waals surface area contributed by atoms with Crippen molar-refractivity contribution in [3.05, 3.63) is 102 Å². The van der Waals surface area contributed by atoms with Crippen LogP contribution < -0.4 is 10.1 Å². The van der Waals surface area contributed by atoms with Gasteiger partial charge in [-0.25, -0.2) is 4.98 Å². The van der Waals surface area contributed by atoms with Gasteiger partial charge in [-0.05, 0) is 61.0 Å². The van der Waals surface area contributed by atoms with E-state index in [9.17, 15) is 18.0 Å². The van der Waals surface area contributed by atoms with Crippen LogP contribution in [0.2, 0.25) is 0 Å². The van der Waals surface area contributed by atoms with E-state index < -0.39 is 17.6 Å². The van der Waals surface area contributed by atoms with Gasteiger partial charge in [0.2, 0.25) is 0 Å². The third-order valence-electron chi connectivity index (χ3n) is 5.58. The number of ether oxygens (including phenoxy) is 1. The summed E-state index contributed by atoms with van der Waals surface area (Å²) in [7, 11) is 0. The summed E-state index contributed by atoms with van der Waals surface area (Å²) in [5.74, 6) is 0.408. The van der Waals surface area contributed by atoms with Gasteiger partial charge in [-0.15, -0.1) is 0 Å². The number of carbonyl (C=O) groups is 1. The number of pyridine rings is 2. The molecule has 5 aromatic rings. The highest BCUT2D eigenvalue weighted by Crippen LogP contribution is 2.35. The average molecular weight is 488 g/mol. The summed E-state index contributed by atoms with van der Waals surface area (Å²) in [4.78, 5) is 24.6. The van der Waals surface area contributed by atoms with Gasteiger partial charge < -0.3 is 15.0 Å². The minimum absolute atomic E-state index is 0.0445.